The highest BCUT2D eigenvalue weighted by molar-refractivity contribution is 5.84. The van der Waals surface area contributed by atoms with Crippen LogP contribution in [0.3, 0.4) is 0 Å². The standard InChI is InChI=1S/C13H11N3O.C9H10/c1-16-13-5-9(2-3-10(13)7-15-16)11-4-12(17)8-14-6-11;1-2-5-9-7-3-6-8(9)4-1/h2-8,17H,1H3;1-2,4-5H,3,6-7H2. The zero-order chi connectivity index (χ0) is 17.9. The lowest BCUT2D eigenvalue weighted by atomic mass is 10.1. The summed E-state index contributed by atoms with van der Waals surface area (Å²) in [5.41, 5.74) is 6.11. The number of fused-ring (bicyclic) bond motifs is 2. The maximum atomic E-state index is 9.42. The third-order valence-corrected chi connectivity index (χ3v) is 4.82. The normalized spacial score (nSPS) is 12.5. The molecule has 0 atom stereocenters. The molecule has 26 heavy (non-hydrogen) atoms. The van der Waals surface area contributed by atoms with Crippen molar-refractivity contribution in [2.75, 3.05) is 0 Å². The Morgan fingerprint density at radius 3 is 2.38 bits per heavy atom. The van der Waals surface area contributed by atoms with Gasteiger partial charge in [-0.3, -0.25) is 9.67 Å². The van der Waals surface area contributed by atoms with Crippen LogP contribution in [-0.2, 0) is 19.9 Å². The van der Waals surface area contributed by atoms with Gasteiger partial charge in [-0.2, -0.15) is 5.10 Å². The minimum atomic E-state index is 0.174. The molecule has 2 heterocycles. The summed E-state index contributed by atoms with van der Waals surface area (Å²) in [5, 5.41) is 14.7. The van der Waals surface area contributed by atoms with Crippen molar-refractivity contribution in [3.8, 4) is 16.9 Å². The molecule has 1 aliphatic rings. The maximum absolute atomic E-state index is 9.42. The highest BCUT2D eigenvalue weighted by Gasteiger charge is 2.07. The van der Waals surface area contributed by atoms with Gasteiger partial charge in [-0.05, 0) is 48.1 Å². The lowest BCUT2D eigenvalue weighted by molar-refractivity contribution is 0.473. The van der Waals surface area contributed by atoms with Gasteiger partial charge in [0.15, 0.2) is 0 Å². The summed E-state index contributed by atoms with van der Waals surface area (Å²) >= 11 is 0. The van der Waals surface area contributed by atoms with E-state index in [4.69, 9.17) is 0 Å². The maximum Gasteiger partial charge on any atom is 0.134 e. The van der Waals surface area contributed by atoms with E-state index in [1.165, 1.54) is 25.5 Å². The first-order chi connectivity index (χ1) is 12.7. The van der Waals surface area contributed by atoms with Crippen molar-refractivity contribution in [2.24, 2.45) is 7.05 Å². The van der Waals surface area contributed by atoms with Crippen LogP contribution < -0.4 is 0 Å². The van der Waals surface area contributed by atoms with Crippen LogP contribution in [0.1, 0.15) is 17.5 Å². The van der Waals surface area contributed by atoms with Crippen molar-refractivity contribution in [3.05, 3.63) is 78.2 Å². The summed E-state index contributed by atoms with van der Waals surface area (Å²) in [5.74, 6) is 0.174. The van der Waals surface area contributed by atoms with E-state index in [0.29, 0.717) is 0 Å². The summed E-state index contributed by atoms with van der Waals surface area (Å²) < 4.78 is 1.83. The molecule has 2 aromatic heterocycles. The molecule has 0 amide bonds. The van der Waals surface area contributed by atoms with Crippen LogP contribution in [0.4, 0.5) is 0 Å². The molecular formula is C22H21N3O. The van der Waals surface area contributed by atoms with Crippen molar-refractivity contribution in [3.63, 3.8) is 0 Å². The molecule has 5 rings (SSSR count). The summed E-state index contributed by atoms with van der Waals surface area (Å²) in [6.07, 6.45) is 8.95. The molecule has 4 aromatic rings. The number of hydrogen-bond donors (Lipinski definition) is 1. The molecule has 130 valence electrons. The number of hydrogen-bond acceptors (Lipinski definition) is 3. The lowest BCUT2D eigenvalue weighted by Crippen LogP contribution is -1.89. The van der Waals surface area contributed by atoms with E-state index >= 15 is 0 Å². The third-order valence-electron chi connectivity index (χ3n) is 4.82. The number of aromatic hydroxyl groups is 1. The Kier molecular flexibility index (Phi) is 4.40. The molecule has 0 fully saturated rings. The Labute approximate surface area is 152 Å². The van der Waals surface area contributed by atoms with Crippen molar-refractivity contribution >= 4 is 10.9 Å². The predicted molar refractivity (Wildman–Crippen MR) is 104 cm³/mol. The van der Waals surface area contributed by atoms with E-state index in [9.17, 15) is 5.11 Å². The molecule has 0 bridgehead atoms. The van der Waals surface area contributed by atoms with Gasteiger partial charge in [0.1, 0.15) is 5.75 Å². The van der Waals surface area contributed by atoms with Crippen LogP contribution in [0.2, 0.25) is 0 Å². The second-order valence-electron chi connectivity index (χ2n) is 6.60. The molecule has 0 aliphatic heterocycles. The summed E-state index contributed by atoms with van der Waals surface area (Å²) in [4.78, 5) is 3.98. The average molecular weight is 343 g/mol. The summed E-state index contributed by atoms with van der Waals surface area (Å²) in [6, 6.07) is 16.5. The van der Waals surface area contributed by atoms with Crippen LogP contribution in [0.25, 0.3) is 22.0 Å². The van der Waals surface area contributed by atoms with Crippen LogP contribution in [0.15, 0.2) is 67.1 Å². The van der Waals surface area contributed by atoms with Crippen LogP contribution in [-0.4, -0.2) is 19.9 Å². The molecule has 0 spiro atoms. The number of aryl methyl sites for hydroxylation is 3. The Bertz CT molecular complexity index is 1030. The van der Waals surface area contributed by atoms with Crippen molar-refractivity contribution < 1.29 is 5.11 Å². The second-order valence-corrected chi connectivity index (χ2v) is 6.60. The number of rotatable bonds is 1. The van der Waals surface area contributed by atoms with E-state index in [0.717, 1.165) is 22.0 Å². The number of aromatic nitrogens is 3. The smallest absolute Gasteiger partial charge is 0.134 e. The SMILES string of the molecule is Cn1ncc2ccc(-c3cncc(O)c3)cc21.c1ccc2c(c1)CCC2. The van der Waals surface area contributed by atoms with E-state index < -0.39 is 0 Å². The third kappa shape index (κ3) is 3.31. The fourth-order valence-electron chi connectivity index (χ4n) is 3.42. The van der Waals surface area contributed by atoms with Gasteiger partial charge in [-0.15, -0.1) is 0 Å². The number of pyridine rings is 1. The van der Waals surface area contributed by atoms with Gasteiger partial charge in [0.25, 0.3) is 0 Å². The fraction of sp³-hybridized carbons (Fsp3) is 0.182. The zero-order valence-electron chi connectivity index (χ0n) is 14.8. The zero-order valence-corrected chi connectivity index (χ0v) is 14.8. The van der Waals surface area contributed by atoms with Gasteiger partial charge >= 0.3 is 0 Å². The second kappa shape index (κ2) is 7.00. The van der Waals surface area contributed by atoms with Crippen LogP contribution >= 0.6 is 0 Å². The van der Waals surface area contributed by atoms with Gasteiger partial charge in [0, 0.05) is 24.2 Å². The monoisotopic (exact) mass is 343 g/mol. The number of nitrogens with zero attached hydrogens (tertiary/aromatic N) is 3. The van der Waals surface area contributed by atoms with Gasteiger partial charge in [0.2, 0.25) is 0 Å². The first-order valence-electron chi connectivity index (χ1n) is 8.83. The fourth-order valence-corrected chi connectivity index (χ4v) is 3.42. The highest BCUT2D eigenvalue weighted by atomic mass is 16.3. The first kappa shape index (κ1) is 16.3. The summed E-state index contributed by atoms with van der Waals surface area (Å²) in [7, 11) is 1.91. The molecular weight excluding hydrogens is 322 g/mol. The molecule has 1 aliphatic carbocycles. The molecule has 4 nitrogen and oxygen atoms in total. The van der Waals surface area contributed by atoms with Gasteiger partial charge in [0.05, 0.1) is 17.9 Å². The molecule has 0 unspecified atom stereocenters. The van der Waals surface area contributed by atoms with Gasteiger partial charge in [-0.1, -0.05) is 36.4 Å². The van der Waals surface area contributed by atoms with Crippen LogP contribution in [0, 0.1) is 0 Å². The topological polar surface area (TPSA) is 50.9 Å². The first-order valence-corrected chi connectivity index (χ1v) is 8.83. The van der Waals surface area contributed by atoms with Crippen LogP contribution in [0.5, 0.6) is 5.75 Å². The van der Waals surface area contributed by atoms with E-state index in [1.54, 1.807) is 23.4 Å². The van der Waals surface area contributed by atoms with Crippen molar-refractivity contribution in [1.29, 1.82) is 0 Å². The molecule has 0 saturated heterocycles. The van der Waals surface area contributed by atoms with E-state index in [-0.39, 0.29) is 5.75 Å². The lowest BCUT2D eigenvalue weighted by Gasteiger charge is -2.02. The van der Waals surface area contributed by atoms with Crippen molar-refractivity contribution in [2.45, 2.75) is 19.3 Å². The van der Waals surface area contributed by atoms with Gasteiger partial charge in [-0.25, -0.2) is 0 Å². The molecule has 0 radical (unpaired) electrons. The Morgan fingerprint density at radius 2 is 1.65 bits per heavy atom. The van der Waals surface area contributed by atoms with Gasteiger partial charge < -0.3 is 5.11 Å². The quantitative estimate of drug-likeness (QED) is 0.553. The molecule has 2 aromatic carbocycles. The van der Waals surface area contributed by atoms with Crippen molar-refractivity contribution in [1.82, 2.24) is 14.8 Å². The summed E-state index contributed by atoms with van der Waals surface area (Å²) in [6.45, 7) is 0. The molecule has 0 saturated carbocycles. The number of benzene rings is 2. The highest BCUT2D eigenvalue weighted by Crippen LogP contribution is 2.25. The van der Waals surface area contributed by atoms with E-state index in [1.807, 2.05) is 36.1 Å². The Hall–Kier alpha value is -3.14. The molecule has 4 heteroatoms. The minimum Gasteiger partial charge on any atom is -0.506 e. The largest absolute Gasteiger partial charge is 0.506 e. The minimum absolute atomic E-state index is 0.174. The predicted octanol–water partition coefficient (Wildman–Crippen LogP) is 4.52. The molecule has 1 N–H and O–H groups in total. The Balaban J connectivity index is 0.000000157. The average Bonchev–Trinajstić information content (AvgIpc) is 3.29. The van der Waals surface area contributed by atoms with E-state index in [2.05, 4.69) is 34.3 Å². The Morgan fingerprint density at radius 1 is 0.885 bits per heavy atom.